The van der Waals surface area contributed by atoms with E-state index in [-0.39, 0.29) is 5.91 Å². The number of benzene rings is 1. The molecule has 0 aromatic heterocycles. The number of carbonyl (C=O) groups is 1. The van der Waals surface area contributed by atoms with Gasteiger partial charge in [0.15, 0.2) is 0 Å². The third-order valence-corrected chi connectivity index (χ3v) is 4.63. The van der Waals surface area contributed by atoms with Crippen LogP contribution in [0.5, 0.6) is 5.75 Å². The Morgan fingerprint density at radius 2 is 2.29 bits per heavy atom. The van der Waals surface area contributed by atoms with E-state index >= 15 is 0 Å². The lowest BCUT2D eigenvalue weighted by Crippen LogP contribution is -2.40. The summed E-state index contributed by atoms with van der Waals surface area (Å²) >= 11 is 3.45. The number of hydrogen-bond donors (Lipinski definition) is 1. The quantitative estimate of drug-likeness (QED) is 0.883. The molecule has 1 aliphatic heterocycles. The first kappa shape index (κ1) is 16.3. The van der Waals surface area contributed by atoms with Crippen LogP contribution in [0.4, 0.5) is 0 Å². The van der Waals surface area contributed by atoms with E-state index < -0.39 is 0 Å². The first-order valence-electron chi connectivity index (χ1n) is 7.43. The fourth-order valence-electron chi connectivity index (χ4n) is 2.95. The number of amides is 1. The van der Waals surface area contributed by atoms with Crippen LogP contribution in [-0.2, 0) is 0 Å². The van der Waals surface area contributed by atoms with Gasteiger partial charge in [0.05, 0.1) is 17.1 Å². The lowest BCUT2D eigenvalue weighted by atomic mass is 10.1. The number of ether oxygens (including phenoxy) is 1. The van der Waals surface area contributed by atoms with Gasteiger partial charge in [0.2, 0.25) is 0 Å². The van der Waals surface area contributed by atoms with Crippen LogP contribution in [0.3, 0.4) is 0 Å². The van der Waals surface area contributed by atoms with Gasteiger partial charge in [0.25, 0.3) is 5.91 Å². The fourth-order valence-corrected chi connectivity index (χ4v) is 3.69. The van der Waals surface area contributed by atoms with Gasteiger partial charge in [-0.05, 0) is 66.5 Å². The Hall–Kier alpha value is -1.07. The molecule has 1 unspecified atom stereocenters. The van der Waals surface area contributed by atoms with Gasteiger partial charge in [-0.1, -0.05) is 6.92 Å². The number of nitrogens with zero attached hydrogens (tertiary/aromatic N) is 1. The minimum atomic E-state index is -0.0702. The molecule has 5 heteroatoms. The van der Waals surface area contributed by atoms with Crippen LogP contribution >= 0.6 is 15.9 Å². The minimum absolute atomic E-state index is 0.0702. The Balaban J connectivity index is 2.07. The zero-order valence-electron chi connectivity index (χ0n) is 12.9. The number of aryl methyl sites for hydroxylation is 1. The Morgan fingerprint density at radius 3 is 2.95 bits per heavy atom. The van der Waals surface area contributed by atoms with Gasteiger partial charge in [0.1, 0.15) is 5.75 Å². The second kappa shape index (κ2) is 7.27. The van der Waals surface area contributed by atoms with Crippen LogP contribution in [0.25, 0.3) is 0 Å². The normalized spacial score (nSPS) is 18.8. The maximum absolute atomic E-state index is 12.5. The van der Waals surface area contributed by atoms with Crippen molar-refractivity contribution in [3.63, 3.8) is 0 Å². The summed E-state index contributed by atoms with van der Waals surface area (Å²) in [5.74, 6) is 0.524. The van der Waals surface area contributed by atoms with E-state index in [1.807, 2.05) is 19.1 Å². The predicted octanol–water partition coefficient (Wildman–Crippen LogP) is 2.98. The van der Waals surface area contributed by atoms with Crippen LogP contribution in [0, 0.1) is 6.92 Å². The fraction of sp³-hybridized carbons (Fsp3) is 0.562. The highest BCUT2D eigenvalue weighted by atomic mass is 79.9. The predicted molar refractivity (Wildman–Crippen MR) is 88.0 cm³/mol. The van der Waals surface area contributed by atoms with Crippen molar-refractivity contribution in [1.29, 1.82) is 0 Å². The Morgan fingerprint density at radius 1 is 1.52 bits per heavy atom. The standard InChI is InChI=1S/C16H23BrN2O2/c1-4-19-7-5-6-12(19)10-18-16(20)13-8-11(2)9-14(17)15(13)21-3/h8-9,12H,4-7,10H2,1-3H3,(H,18,20). The van der Waals surface area contributed by atoms with Gasteiger partial charge in [-0.15, -0.1) is 0 Å². The molecule has 0 bridgehead atoms. The molecule has 116 valence electrons. The minimum Gasteiger partial charge on any atom is -0.495 e. The molecule has 0 spiro atoms. The van der Waals surface area contributed by atoms with E-state index in [2.05, 4.69) is 33.1 Å². The van der Waals surface area contributed by atoms with E-state index in [4.69, 9.17) is 4.74 Å². The summed E-state index contributed by atoms with van der Waals surface area (Å²) in [6, 6.07) is 4.27. The summed E-state index contributed by atoms with van der Waals surface area (Å²) < 4.78 is 6.16. The van der Waals surface area contributed by atoms with Crippen molar-refractivity contribution in [3.8, 4) is 5.75 Å². The lowest BCUT2D eigenvalue weighted by molar-refractivity contribution is 0.0938. The average molecular weight is 355 g/mol. The molecule has 2 rings (SSSR count). The highest BCUT2D eigenvalue weighted by Crippen LogP contribution is 2.30. The summed E-state index contributed by atoms with van der Waals surface area (Å²) in [4.78, 5) is 14.9. The number of rotatable bonds is 5. The molecule has 1 aliphatic rings. The molecule has 1 fully saturated rings. The van der Waals surface area contributed by atoms with Gasteiger partial charge in [0, 0.05) is 12.6 Å². The molecule has 1 aromatic carbocycles. The van der Waals surface area contributed by atoms with E-state index in [0.717, 1.165) is 29.5 Å². The zero-order valence-corrected chi connectivity index (χ0v) is 14.5. The highest BCUT2D eigenvalue weighted by Gasteiger charge is 2.24. The van der Waals surface area contributed by atoms with Crippen LogP contribution in [0.1, 0.15) is 35.7 Å². The molecule has 0 radical (unpaired) electrons. The number of methoxy groups -OCH3 is 1. The van der Waals surface area contributed by atoms with Crippen molar-refractivity contribution >= 4 is 21.8 Å². The smallest absolute Gasteiger partial charge is 0.255 e. The van der Waals surface area contributed by atoms with Crippen molar-refractivity contribution in [2.75, 3.05) is 26.7 Å². The summed E-state index contributed by atoms with van der Waals surface area (Å²) in [6.45, 7) is 7.01. The SMILES string of the molecule is CCN1CCCC1CNC(=O)c1cc(C)cc(Br)c1OC. The number of carbonyl (C=O) groups excluding carboxylic acids is 1. The summed E-state index contributed by atoms with van der Waals surface area (Å²) in [6.07, 6.45) is 2.37. The molecule has 1 aromatic rings. The van der Waals surface area contributed by atoms with Crippen molar-refractivity contribution in [3.05, 3.63) is 27.7 Å². The molecule has 1 saturated heterocycles. The van der Waals surface area contributed by atoms with Gasteiger partial charge in [-0.2, -0.15) is 0 Å². The number of halogens is 1. The molecular weight excluding hydrogens is 332 g/mol. The van der Waals surface area contributed by atoms with Crippen molar-refractivity contribution in [1.82, 2.24) is 10.2 Å². The van der Waals surface area contributed by atoms with E-state index in [9.17, 15) is 4.79 Å². The van der Waals surface area contributed by atoms with E-state index in [1.165, 1.54) is 6.42 Å². The van der Waals surface area contributed by atoms with Crippen molar-refractivity contribution in [2.24, 2.45) is 0 Å². The van der Waals surface area contributed by atoms with Crippen LogP contribution < -0.4 is 10.1 Å². The van der Waals surface area contributed by atoms with Gasteiger partial charge in [-0.25, -0.2) is 0 Å². The maximum atomic E-state index is 12.5. The van der Waals surface area contributed by atoms with E-state index in [1.54, 1.807) is 7.11 Å². The summed E-state index contributed by atoms with van der Waals surface area (Å²) in [5, 5.41) is 3.05. The average Bonchev–Trinajstić information content (AvgIpc) is 2.91. The van der Waals surface area contributed by atoms with Crippen molar-refractivity contribution < 1.29 is 9.53 Å². The third kappa shape index (κ3) is 3.77. The molecular formula is C16H23BrN2O2. The number of likely N-dealkylation sites (tertiary alicyclic amines) is 1. The second-order valence-corrected chi connectivity index (χ2v) is 6.32. The Labute approximate surface area is 135 Å². The van der Waals surface area contributed by atoms with Crippen LogP contribution in [-0.4, -0.2) is 43.6 Å². The van der Waals surface area contributed by atoms with Gasteiger partial charge in [-0.3, -0.25) is 9.69 Å². The lowest BCUT2D eigenvalue weighted by Gasteiger charge is -2.23. The summed E-state index contributed by atoms with van der Waals surface area (Å²) in [5.41, 5.74) is 1.62. The molecule has 1 N–H and O–H groups in total. The number of likely N-dealkylation sites (N-methyl/N-ethyl adjacent to an activating group) is 1. The van der Waals surface area contributed by atoms with Gasteiger partial charge >= 0.3 is 0 Å². The molecule has 4 nitrogen and oxygen atoms in total. The first-order valence-corrected chi connectivity index (χ1v) is 8.22. The van der Waals surface area contributed by atoms with Crippen LogP contribution in [0.15, 0.2) is 16.6 Å². The Bertz CT molecular complexity index is 519. The van der Waals surface area contributed by atoms with E-state index in [0.29, 0.717) is 23.9 Å². The topological polar surface area (TPSA) is 41.6 Å². The molecule has 1 heterocycles. The van der Waals surface area contributed by atoms with Crippen LogP contribution in [0.2, 0.25) is 0 Å². The zero-order chi connectivity index (χ0) is 15.4. The number of nitrogens with one attached hydrogen (secondary N) is 1. The second-order valence-electron chi connectivity index (χ2n) is 5.46. The van der Waals surface area contributed by atoms with Crippen molar-refractivity contribution in [2.45, 2.75) is 32.7 Å². The monoisotopic (exact) mass is 354 g/mol. The number of hydrogen-bond acceptors (Lipinski definition) is 3. The summed E-state index contributed by atoms with van der Waals surface area (Å²) in [7, 11) is 1.59. The highest BCUT2D eigenvalue weighted by molar-refractivity contribution is 9.10. The maximum Gasteiger partial charge on any atom is 0.255 e. The molecule has 21 heavy (non-hydrogen) atoms. The third-order valence-electron chi connectivity index (χ3n) is 4.04. The molecule has 0 saturated carbocycles. The molecule has 0 aliphatic carbocycles. The molecule has 1 atom stereocenters. The first-order chi connectivity index (χ1) is 10.1. The van der Waals surface area contributed by atoms with Gasteiger partial charge < -0.3 is 10.1 Å². The largest absolute Gasteiger partial charge is 0.495 e. The molecule has 1 amide bonds. The Kier molecular flexibility index (Phi) is 5.65.